The first kappa shape index (κ1) is 20.7. The summed E-state index contributed by atoms with van der Waals surface area (Å²) in [5, 5.41) is 21.4. The second-order valence-corrected chi connectivity index (χ2v) is 8.51. The average molecular weight is 415 g/mol. The molecule has 2 N–H and O–H groups in total. The highest BCUT2D eigenvalue weighted by Gasteiger charge is 2.47. The molecule has 2 bridgehead atoms. The Balaban J connectivity index is 0.000000687. The number of aromatic nitrogens is 4. The van der Waals surface area contributed by atoms with Crippen LogP contribution in [-0.2, 0) is 4.79 Å². The maximum atomic E-state index is 10.1. The average Bonchev–Trinajstić information content (AvgIpc) is 3.21. The molecule has 162 valence electrons. The van der Waals surface area contributed by atoms with Crippen molar-refractivity contribution in [3.8, 4) is 5.82 Å². The van der Waals surface area contributed by atoms with Crippen molar-refractivity contribution in [3.63, 3.8) is 0 Å². The molecule has 3 aliphatic heterocycles. The van der Waals surface area contributed by atoms with Gasteiger partial charge in [-0.25, -0.2) is 14.6 Å². The first-order chi connectivity index (χ1) is 14.6. The van der Waals surface area contributed by atoms with Gasteiger partial charge in [0.2, 0.25) is 0 Å². The number of fused-ring (bicyclic) bond motifs is 4. The molecule has 3 saturated heterocycles. The normalized spacial score (nSPS) is 28.3. The summed E-state index contributed by atoms with van der Waals surface area (Å²) in [6.45, 7) is 5.20. The van der Waals surface area contributed by atoms with E-state index in [9.17, 15) is 5.11 Å². The molecule has 3 aliphatic rings. The summed E-state index contributed by atoms with van der Waals surface area (Å²) in [7, 11) is 0. The van der Waals surface area contributed by atoms with E-state index in [1.54, 1.807) is 6.33 Å². The quantitative estimate of drug-likeness (QED) is 0.725. The Labute approximate surface area is 176 Å². The predicted molar refractivity (Wildman–Crippen MR) is 112 cm³/mol. The van der Waals surface area contributed by atoms with Gasteiger partial charge in [-0.2, -0.15) is 5.10 Å². The van der Waals surface area contributed by atoms with Gasteiger partial charge in [0.05, 0.1) is 12.8 Å². The van der Waals surface area contributed by atoms with Gasteiger partial charge >= 0.3 is 0 Å². The van der Waals surface area contributed by atoms with E-state index in [2.05, 4.69) is 24.9 Å². The van der Waals surface area contributed by atoms with Crippen LogP contribution in [0.2, 0.25) is 0 Å². The molecule has 0 spiro atoms. The number of aliphatic hydroxyl groups excluding tert-OH is 1. The van der Waals surface area contributed by atoms with Crippen molar-refractivity contribution in [2.45, 2.75) is 44.7 Å². The molecule has 9 nitrogen and oxygen atoms in total. The zero-order chi connectivity index (χ0) is 21.1. The number of aliphatic hydroxyl groups is 1. The highest BCUT2D eigenvalue weighted by atomic mass is 16.3. The number of nitrogens with zero attached hydrogens (tertiary/aromatic N) is 6. The molecule has 0 unspecified atom stereocenters. The van der Waals surface area contributed by atoms with Gasteiger partial charge in [0, 0.05) is 37.4 Å². The van der Waals surface area contributed by atoms with E-state index < -0.39 is 0 Å². The summed E-state index contributed by atoms with van der Waals surface area (Å²) in [6.07, 6.45) is 10.6. The van der Waals surface area contributed by atoms with Crippen LogP contribution in [0.5, 0.6) is 0 Å². The Bertz CT molecular complexity index is 845. The van der Waals surface area contributed by atoms with E-state index in [4.69, 9.17) is 9.90 Å². The molecule has 5 rings (SSSR count). The van der Waals surface area contributed by atoms with Crippen LogP contribution in [0, 0.1) is 18.8 Å². The first-order valence-corrected chi connectivity index (χ1v) is 10.7. The number of rotatable bonds is 3. The minimum atomic E-state index is -0.250. The fraction of sp³-hybridized carbons (Fsp3) is 0.619. The standard InChI is InChI=1S/C20H28N6O.CH2O2/c1-14-8-23-26(9-14)20-7-19(21-13-22-20)24-10-15-6-16(11-24)18(12-27)25-5-3-2-4-17(15)25;2-1-3/h7-9,13,15-18,27H,2-6,10-12H2,1H3;1H,(H,2,3)/t15-,16+,17+,18+;/m1./s1. The number of carbonyl (C=O) groups is 1. The molecule has 3 fully saturated rings. The SMILES string of the molecule is Cc1cnn(-c2cc(N3C[C@H]4C[C@@H](C3)[C@H](CO)N3CCCC[C@@H]43)ncn2)c1.O=CO. The summed E-state index contributed by atoms with van der Waals surface area (Å²) < 4.78 is 1.81. The van der Waals surface area contributed by atoms with Gasteiger partial charge < -0.3 is 15.1 Å². The largest absolute Gasteiger partial charge is 0.483 e. The maximum absolute atomic E-state index is 10.1. The van der Waals surface area contributed by atoms with Crippen molar-refractivity contribution in [2.75, 3.05) is 31.1 Å². The van der Waals surface area contributed by atoms with E-state index in [-0.39, 0.29) is 13.1 Å². The van der Waals surface area contributed by atoms with E-state index in [1.165, 1.54) is 25.7 Å². The molecular formula is C21H30N6O3. The molecule has 9 heteroatoms. The number of hydrogen-bond donors (Lipinski definition) is 2. The van der Waals surface area contributed by atoms with Gasteiger partial charge in [-0.1, -0.05) is 6.42 Å². The Morgan fingerprint density at radius 1 is 1.20 bits per heavy atom. The molecule has 30 heavy (non-hydrogen) atoms. The van der Waals surface area contributed by atoms with Crippen LogP contribution >= 0.6 is 0 Å². The van der Waals surface area contributed by atoms with Crippen molar-refractivity contribution in [3.05, 3.63) is 30.4 Å². The van der Waals surface area contributed by atoms with Crippen LogP contribution in [0.4, 0.5) is 5.82 Å². The van der Waals surface area contributed by atoms with Gasteiger partial charge in [0.1, 0.15) is 12.1 Å². The van der Waals surface area contributed by atoms with Crippen molar-refractivity contribution >= 4 is 12.3 Å². The fourth-order valence-electron chi connectivity index (χ4n) is 5.52. The summed E-state index contributed by atoms with van der Waals surface area (Å²) in [5.74, 6) is 2.95. The Morgan fingerprint density at radius 3 is 2.70 bits per heavy atom. The van der Waals surface area contributed by atoms with Gasteiger partial charge in [-0.15, -0.1) is 0 Å². The molecular weight excluding hydrogens is 384 g/mol. The highest BCUT2D eigenvalue weighted by molar-refractivity contribution is 5.44. The second-order valence-electron chi connectivity index (χ2n) is 8.51. The van der Waals surface area contributed by atoms with Gasteiger partial charge in [0.25, 0.3) is 6.47 Å². The fourth-order valence-corrected chi connectivity index (χ4v) is 5.52. The van der Waals surface area contributed by atoms with E-state index in [0.29, 0.717) is 23.9 Å². The number of piperidine rings is 3. The van der Waals surface area contributed by atoms with Crippen molar-refractivity contribution in [1.82, 2.24) is 24.6 Å². The first-order valence-electron chi connectivity index (χ1n) is 10.7. The molecule has 0 amide bonds. The number of aryl methyl sites for hydroxylation is 1. The minimum absolute atomic E-state index is 0.250. The molecule has 2 aromatic rings. The smallest absolute Gasteiger partial charge is 0.290 e. The Kier molecular flexibility index (Phi) is 6.29. The third-order valence-electron chi connectivity index (χ3n) is 6.72. The zero-order valence-electron chi connectivity index (χ0n) is 17.3. The third kappa shape index (κ3) is 4.04. The summed E-state index contributed by atoms with van der Waals surface area (Å²) >= 11 is 0. The molecule has 2 aromatic heterocycles. The van der Waals surface area contributed by atoms with Gasteiger partial charge in [-0.05, 0) is 50.1 Å². The molecule has 5 heterocycles. The van der Waals surface area contributed by atoms with Crippen LogP contribution in [0.25, 0.3) is 5.82 Å². The number of anilines is 1. The predicted octanol–water partition coefficient (Wildman–Crippen LogP) is 1.34. The lowest BCUT2D eigenvalue weighted by Gasteiger charge is -2.56. The second kappa shape index (κ2) is 9.09. The maximum Gasteiger partial charge on any atom is 0.290 e. The lowest BCUT2D eigenvalue weighted by molar-refractivity contribution is -0.122. The molecule has 0 saturated carbocycles. The number of carboxylic acid groups (broad SMARTS) is 1. The molecule has 4 atom stereocenters. The lowest BCUT2D eigenvalue weighted by Crippen LogP contribution is -2.64. The monoisotopic (exact) mass is 414 g/mol. The lowest BCUT2D eigenvalue weighted by atomic mass is 9.72. The van der Waals surface area contributed by atoms with Crippen molar-refractivity contribution in [2.24, 2.45) is 11.8 Å². The highest BCUT2D eigenvalue weighted by Crippen LogP contribution is 2.41. The van der Waals surface area contributed by atoms with Crippen LogP contribution in [0.15, 0.2) is 24.8 Å². The van der Waals surface area contributed by atoms with E-state index in [0.717, 1.165) is 36.8 Å². The van der Waals surface area contributed by atoms with E-state index in [1.807, 2.05) is 30.1 Å². The van der Waals surface area contributed by atoms with Crippen LogP contribution in [0.3, 0.4) is 0 Å². The molecule has 0 aliphatic carbocycles. The Morgan fingerprint density at radius 2 is 1.97 bits per heavy atom. The third-order valence-corrected chi connectivity index (χ3v) is 6.72. The van der Waals surface area contributed by atoms with Gasteiger partial charge in [0.15, 0.2) is 5.82 Å². The topological polar surface area (TPSA) is 108 Å². The van der Waals surface area contributed by atoms with Crippen LogP contribution in [-0.4, -0.2) is 79.7 Å². The number of hydrogen-bond acceptors (Lipinski definition) is 7. The van der Waals surface area contributed by atoms with E-state index >= 15 is 0 Å². The summed E-state index contributed by atoms with van der Waals surface area (Å²) in [6, 6.07) is 2.95. The minimum Gasteiger partial charge on any atom is -0.483 e. The van der Waals surface area contributed by atoms with Crippen LogP contribution < -0.4 is 4.90 Å². The summed E-state index contributed by atoms with van der Waals surface area (Å²) in [5.41, 5.74) is 1.12. The molecule has 0 radical (unpaired) electrons. The van der Waals surface area contributed by atoms with Gasteiger partial charge in [-0.3, -0.25) is 9.69 Å². The van der Waals surface area contributed by atoms with Crippen molar-refractivity contribution in [1.29, 1.82) is 0 Å². The Hall–Kier alpha value is -2.52. The van der Waals surface area contributed by atoms with Crippen LogP contribution in [0.1, 0.15) is 31.2 Å². The molecule has 0 aromatic carbocycles. The zero-order valence-corrected chi connectivity index (χ0v) is 17.3. The summed E-state index contributed by atoms with van der Waals surface area (Å²) in [4.78, 5) is 22.4. The van der Waals surface area contributed by atoms with Crippen molar-refractivity contribution < 1.29 is 15.0 Å².